The Morgan fingerprint density at radius 1 is 1.35 bits per heavy atom. The number of para-hydroxylation sites is 1. The summed E-state index contributed by atoms with van der Waals surface area (Å²) in [6.07, 6.45) is 2.97. The summed E-state index contributed by atoms with van der Waals surface area (Å²) in [5.41, 5.74) is 0.520. The maximum absolute atomic E-state index is 12.4. The summed E-state index contributed by atoms with van der Waals surface area (Å²) in [4.78, 5) is 25.8. The van der Waals surface area contributed by atoms with Gasteiger partial charge >= 0.3 is 0 Å². The maximum atomic E-state index is 12.4. The molecule has 1 fully saturated rings. The van der Waals surface area contributed by atoms with Crippen molar-refractivity contribution in [3.05, 3.63) is 48.1 Å². The highest BCUT2D eigenvalue weighted by molar-refractivity contribution is 7.80. The number of ether oxygens (including phenoxy) is 1. The van der Waals surface area contributed by atoms with E-state index in [1.165, 1.54) is 17.1 Å². The van der Waals surface area contributed by atoms with Gasteiger partial charge in [0, 0.05) is 12.1 Å². The first kappa shape index (κ1) is 16.9. The molecule has 0 radical (unpaired) electrons. The van der Waals surface area contributed by atoms with E-state index in [2.05, 4.69) is 11.9 Å². The number of aliphatic hydroxyl groups is 1. The number of nitrogens with zero attached hydrogens (tertiary/aromatic N) is 1. The summed E-state index contributed by atoms with van der Waals surface area (Å²) < 4.78 is 5.40. The van der Waals surface area contributed by atoms with Gasteiger partial charge in [0.1, 0.15) is 17.9 Å². The second-order valence-corrected chi connectivity index (χ2v) is 5.02. The fraction of sp³-hybridized carbons (Fsp3) is 0.188. The van der Waals surface area contributed by atoms with Crippen LogP contribution in [0, 0.1) is 0 Å². The smallest absolute Gasteiger partial charge is 0.265 e. The fourth-order valence-electron chi connectivity index (χ4n) is 2.03. The monoisotopic (exact) mass is 332 g/mol. The van der Waals surface area contributed by atoms with Crippen molar-refractivity contribution >= 4 is 35.2 Å². The molecule has 0 bridgehead atoms. The highest BCUT2D eigenvalue weighted by atomic mass is 32.1. The molecule has 23 heavy (non-hydrogen) atoms. The number of benzene rings is 1. The molecule has 120 valence electrons. The van der Waals surface area contributed by atoms with Crippen molar-refractivity contribution in [2.45, 2.75) is 0 Å². The molecular weight excluding hydrogens is 316 g/mol. The minimum Gasteiger partial charge on any atom is -0.491 e. The van der Waals surface area contributed by atoms with Crippen LogP contribution in [-0.2, 0) is 9.59 Å². The molecule has 1 saturated heterocycles. The van der Waals surface area contributed by atoms with Crippen LogP contribution in [0.25, 0.3) is 6.08 Å². The molecule has 0 aliphatic carbocycles. The van der Waals surface area contributed by atoms with Gasteiger partial charge in [0.15, 0.2) is 5.11 Å². The molecule has 7 heteroatoms. The molecule has 2 amide bonds. The molecule has 0 spiro atoms. The molecule has 0 atom stereocenters. The first-order chi connectivity index (χ1) is 11.1. The van der Waals surface area contributed by atoms with Crippen molar-refractivity contribution in [2.24, 2.45) is 0 Å². The largest absolute Gasteiger partial charge is 0.491 e. The summed E-state index contributed by atoms with van der Waals surface area (Å²) in [6, 6.07) is 6.93. The van der Waals surface area contributed by atoms with E-state index in [1.54, 1.807) is 24.3 Å². The van der Waals surface area contributed by atoms with Crippen molar-refractivity contribution in [3.63, 3.8) is 0 Å². The number of carbonyl (C=O) groups excluding carboxylic acids is 2. The van der Waals surface area contributed by atoms with Crippen molar-refractivity contribution in [1.29, 1.82) is 0 Å². The topological polar surface area (TPSA) is 78.9 Å². The SMILES string of the molecule is C=CCN1C(=O)/C(=C/c2ccccc2OCCO)C(=O)NC1=S. The van der Waals surface area contributed by atoms with Crippen molar-refractivity contribution < 1.29 is 19.4 Å². The maximum Gasteiger partial charge on any atom is 0.265 e. The zero-order valence-corrected chi connectivity index (χ0v) is 13.1. The minimum absolute atomic E-state index is 0.0412. The van der Waals surface area contributed by atoms with Crippen molar-refractivity contribution in [1.82, 2.24) is 10.2 Å². The number of nitrogens with one attached hydrogen (secondary N) is 1. The standard InChI is InChI=1S/C16H16N2O4S/c1-2-7-18-15(21)12(14(20)17-16(18)23)10-11-5-3-4-6-13(11)22-9-8-19/h2-6,10,19H,1,7-9H2,(H,17,20,23)/b12-10+. The highest BCUT2D eigenvalue weighted by Crippen LogP contribution is 2.23. The van der Waals surface area contributed by atoms with Crippen LogP contribution in [0.5, 0.6) is 5.75 Å². The molecule has 1 aliphatic rings. The van der Waals surface area contributed by atoms with E-state index in [0.29, 0.717) is 11.3 Å². The van der Waals surface area contributed by atoms with E-state index in [4.69, 9.17) is 22.1 Å². The molecular formula is C16H16N2O4S. The van der Waals surface area contributed by atoms with Gasteiger partial charge in [0.2, 0.25) is 0 Å². The number of aliphatic hydroxyl groups excluding tert-OH is 1. The lowest BCUT2D eigenvalue weighted by molar-refractivity contribution is -0.128. The van der Waals surface area contributed by atoms with Crippen molar-refractivity contribution in [2.75, 3.05) is 19.8 Å². The van der Waals surface area contributed by atoms with Crippen LogP contribution in [-0.4, -0.2) is 46.7 Å². The number of amides is 2. The number of carbonyl (C=O) groups is 2. The zero-order chi connectivity index (χ0) is 16.8. The minimum atomic E-state index is -0.558. The summed E-state index contributed by atoms with van der Waals surface area (Å²) >= 11 is 4.99. The van der Waals surface area contributed by atoms with Crippen LogP contribution in [0.2, 0.25) is 0 Å². The van der Waals surface area contributed by atoms with Gasteiger partial charge in [0.05, 0.1) is 6.61 Å². The molecule has 6 nitrogen and oxygen atoms in total. The lowest BCUT2D eigenvalue weighted by atomic mass is 10.1. The van der Waals surface area contributed by atoms with Gasteiger partial charge in [-0.1, -0.05) is 24.3 Å². The van der Waals surface area contributed by atoms with E-state index in [1.807, 2.05) is 0 Å². The molecule has 1 aliphatic heterocycles. The van der Waals surface area contributed by atoms with Gasteiger partial charge in [-0.2, -0.15) is 0 Å². The van der Waals surface area contributed by atoms with Gasteiger partial charge in [-0.05, 0) is 24.4 Å². The third-order valence-electron chi connectivity index (χ3n) is 3.07. The molecule has 2 N–H and O–H groups in total. The second-order valence-electron chi connectivity index (χ2n) is 4.63. The Morgan fingerprint density at radius 3 is 2.78 bits per heavy atom. The average molecular weight is 332 g/mol. The molecule has 2 rings (SSSR count). The Kier molecular flexibility index (Phi) is 5.61. The molecule has 1 aromatic carbocycles. The predicted octanol–water partition coefficient (Wildman–Crippen LogP) is 0.870. The molecule has 0 unspecified atom stereocenters. The summed E-state index contributed by atoms with van der Waals surface area (Å²) in [7, 11) is 0. The first-order valence-electron chi connectivity index (χ1n) is 6.91. The number of hydrogen-bond acceptors (Lipinski definition) is 5. The van der Waals surface area contributed by atoms with Gasteiger partial charge in [-0.25, -0.2) is 0 Å². The van der Waals surface area contributed by atoms with Gasteiger partial charge in [0.25, 0.3) is 11.8 Å². The number of thiocarbonyl (C=S) groups is 1. The predicted molar refractivity (Wildman–Crippen MR) is 89.7 cm³/mol. The summed E-state index contributed by atoms with van der Waals surface area (Å²) in [5.74, 6) is -0.578. The zero-order valence-electron chi connectivity index (χ0n) is 12.3. The van der Waals surface area contributed by atoms with E-state index in [9.17, 15) is 9.59 Å². The molecule has 0 aromatic heterocycles. The van der Waals surface area contributed by atoms with Gasteiger partial charge in [-0.3, -0.25) is 19.8 Å². The lowest BCUT2D eigenvalue weighted by Gasteiger charge is -2.27. The van der Waals surface area contributed by atoms with Gasteiger partial charge in [-0.15, -0.1) is 6.58 Å². The molecule has 1 aromatic rings. The van der Waals surface area contributed by atoms with Gasteiger partial charge < -0.3 is 9.84 Å². The van der Waals surface area contributed by atoms with E-state index < -0.39 is 11.8 Å². The third-order valence-corrected chi connectivity index (χ3v) is 3.39. The Bertz CT molecular complexity index is 684. The first-order valence-corrected chi connectivity index (χ1v) is 7.31. The van der Waals surface area contributed by atoms with Crippen LogP contribution < -0.4 is 10.1 Å². The van der Waals surface area contributed by atoms with Crippen molar-refractivity contribution in [3.8, 4) is 5.75 Å². The summed E-state index contributed by atoms with van der Waals surface area (Å²) in [6.45, 7) is 3.76. The molecule has 1 heterocycles. The highest BCUT2D eigenvalue weighted by Gasteiger charge is 2.32. The van der Waals surface area contributed by atoms with Crippen LogP contribution in [0.1, 0.15) is 5.56 Å². The fourth-order valence-corrected chi connectivity index (χ4v) is 2.28. The quantitative estimate of drug-likeness (QED) is 0.350. The lowest BCUT2D eigenvalue weighted by Crippen LogP contribution is -2.53. The Morgan fingerprint density at radius 2 is 2.09 bits per heavy atom. The Hall–Kier alpha value is -2.51. The Labute approximate surface area is 139 Å². The number of hydrogen-bond donors (Lipinski definition) is 2. The normalized spacial score (nSPS) is 16.5. The van der Waals surface area contributed by atoms with Crippen LogP contribution in [0.3, 0.4) is 0 Å². The average Bonchev–Trinajstić information content (AvgIpc) is 2.54. The third kappa shape index (κ3) is 3.82. The second kappa shape index (κ2) is 7.66. The molecule has 0 saturated carbocycles. The van der Waals surface area contributed by atoms with E-state index >= 15 is 0 Å². The van der Waals surface area contributed by atoms with Crippen LogP contribution >= 0.6 is 12.2 Å². The number of rotatable bonds is 6. The van der Waals surface area contributed by atoms with E-state index in [-0.39, 0.29) is 30.4 Å². The van der Waals surface area contributed by atoms with E-state index in [0.717, 1.165) is 0 Å². The van der Waals surface area contributed by atoms with Crippen LogP contribution in [0.15, 0.2) is 42.5 Å². The summed E-state index contributed by atoms with van der Waals surface area (Å²) in [5, 5.41) is 11.4. The van der Waals surface area contributed by atoms with Crippen LogP contribution in [0.4, 0.5) is 0 Å². The Balaban J connectivity index is 2.37.